The lowest BCUT2D eigenvalue weighted by Crippen LogP contribution is -2.21. The Hall–Kier alpha value is -3.41. The van der Waals surface area contributed by atoms with Crippen molar-refractivity contribution in [1.29, 1.82) is 0 Å². The van der Waals surface area contributed by atoms with Crippen LogP contribution < -0.4 is 0 Å². The molecule has 0 N–H and O–H groups in total. The second-order valence-electron chi connectivity index (χ2n) is 6.32. The van der Waals surface area contributed by atoms with Gasteiger partial charge < -0.3 is 0 Å². The summed E-state index contributed by atoms with van der Waals surface area (Å²) in [5.41, 5.74) is 2.76. The number of aromatic nitrogens is 3. The van der Waals surface area contributed by atoms with E-state index in [1.165, 1.54) is 6.92 Å². The summed E-state index contributed by atoms with van der Waals surface area (Å²) in [7, 11) is 0. The molecular weight excluding hydrogens is 330 g/mol. The summed E-state index contributed by atoms with van der Waals surface area (Å²) in [4.78, 5) is 36.9. The minimum Gasteiger partial charge on any atom is -0.293 e. The second kappa shape index (κ2) is 5.84. The van der Waals surface area contributed by atoms with Crippen molar-refractivity contribution in [2.75, 3.05) is 0 Å². The van der Waals surface area contributed by atoms with E-state index in [2.05, 4.69) is 10.3 Å². The topological polar surface area (TPSA) is 81.9 Å². The minimum absolute atomic E-state index is 0.144. The van der Waals surface area contributed by atoms with Crippen molar-refractivity contribution >= 4 is 17.3 Å². The lowest BCUT2D eigenvalue weighted by Gasteiger charge is -2.19. The van der Waals surface area contributed by atoms with E-state index >= 15 is 0 Å². The number of ketones is 3. The molecule has 6 nitrogen and oxygen atoms in total. The van der Waals surface area contributed by atoms with Crippen LogP contribution >= 0.6 is 0 Å². The molecule has 0 saturated carbocycles. The number of Topliss-reactive ketones (excluding diaryl/α,β-unsaturated/α-hetero) is 1. The molecule has 1 aliphatic carbocycles. The van der Waals surface area contributed by atoms with Crippen LogP contribution in [0.15, 0.2) is 48.7 Å². The standard InChI is InChI=1S/C20H15N3O3/c1-11(23-10-18(12(2)24)21-22-23)13-7-8-16-17(9-13)20(26)15-6-4-3-5-14(15)19(16)25/h3-11H,1-2H3. The van der Waals surface area contributed by atoms with Crippen molar-refractivity contribution < 1.29 is 14.4 Å². The summed E-state index contributed by atoms with van der Waals surface area (Å²) in [5, 5.41) is 7.84. The van der Waals surface area contributed by atoms with Gasteiger partial charge in [0.05, 0.1) is 12.2 Å². The predicted octanol–water partition coefficient (Wildman–Crippen LogP) is 2.87. The summed E-state index contributed by atoms with van der Waals surface area (Å²) in [5.74, 6) is -0.465. The highest BCUT2D eigenvalue weighted by molar-refractivity contribution is 6.28. The number of carbonyl (C=O) groups is 3. The average Bonchev–Trinajstić information content (AvgIpc) is 3.15. The molecule has 1 heterocycles. The highest BCUT2D eigenvalue weighted by Crippen LogP contribution is 2.30. The van der Waals surface area contributed by atoms with Gasteiger partial charge in [-0.15, -0.1) is 5.10 Å². The highest BCUT2D eigenvalue weighted by Gasteiger charge is 2.30. The molecular formula is C20H15N3O3. The normalized spacial score (nSPS) is 13.9. The van der Waals surface area contributed by atoms with Gasteiger partial charge in [-0.2, -0.15) is 0 Å². The summed E-state index contributed by atoms with van der Waals surface area (Å²) in [6.07, 6.45) is 1.58. The molecule has 0 amide bonds. The molecule has 1 aliphatic rings. The SMILES string of the molecule is CC(=O)c1cn(C(C)c2ccc3c(c2)C(=O)c2ccccc2C3=O)nn1. The summed E-state index contributed by atoms with van der Waals surface area (Å²) >= 11 is 0. The van der Waals surface area contributed by atoms with Gasteiger partial charge in [-0.1, -0.05) is 35.5 Å². The zero-order valence-electron chi connectivity index (χ0n) is 14.3. The van der Waals surface area contributed by atoms with E-state index in [-0.39, 0.29) is 29.1 Å². The zero-order chi connectivity index (χ0) is 18.4. The molecule has 26 heavy (non-hydrogen) atoms. The first-order valence-corrected chi connectivity index (χ1v) is 8.22. The van der Waals surface area contributed by atoms with Crippen LogP contribution in [0.3, 0.4) is 0 Å². The van der Waals surface area contributed by atoms with E-state index in [0.29, 0.717) is 22.3 Å². The van der Waals surface area contributed by atoms with Crippen molar-refractivity contribution in [2.45, 2.75) is 19.9 Å². The van der Waals surface area contributed by atoms with E-state index < -0.39 is 0 Å². The van der Waals surface area contributed by atoms with Gasteiger partial charge in [0.15, 0.2) is 17.3 Å². The van der Waals surface area contributed by atoms with E-state index in [1.807, 2.05) is 6.92 Å². The van der Waals surface area contributed by atoms with E-state index in [9.17, 15) is 14.4 Å². The van der Waals surface area contributed by atoms with Crippen molar-refractivity contribution in [3.8, 4) is 0 Å². The molecule has 0 spiro atoms. The van der Waals surface area contributed by atoms with Crippen molar-refractivity contribution in [1.82, 2.24) is 15.0 Å². The first-order valence-electron chi connectivity index (χ1n) is 8.22. The molecule has 1 atom stereocenters. The smallest absolute Gasteiger partial charge is 0.194 e. The van der Waals surface area contributed by atoms with Crippen LogP contribution in [-0.4, -0.2) is 32.3 Å². The molecule has 2 aromatic carbocycles. The van der Waals surface area contributed by atoms with Gasteiger partial charge in [0, 0.05) is 29.2 Å². The maximum absolute atomic E-state index is 12.8. The van der Waals surface area contributed by atoms with Gasteiger partial charge in [-0.05, 0) is 24.6 Å². The van der Waals surface area contributed by atoms with Gasteiger partial charge in [-0.3, -0.25) is 14.4 Å². The zero-order valence-corrected chi connectivity index (χ0v) is 14.3. The number of hydrogen-bond acceptors (Lipinski definition) is 5. The molecule has 3 aromatic rings. The van der Waals surface area contributed by atoms with Crippen LogP contribution in [0.4, 0.5) is 0 Å². The first-order chi connectivity index (χ1) is 12.5. The number of rotatable bonds is 3. The van der Waals surface area contributed by atoms with Gasteiger partial charge >= 0.3 is 0 Å². The van der Waals surface area contributed by atoms with Crippen LogP contribution in [0.2, 0.25) is 0 Å². The Morgan fingerprint density at radius 3 is 2.19 bits per heavy atom. The van der Waals surface area contributed by atoms with Crippen molar-refractivity contribution in [3.63, 3.8) is 0 Å². The maximum atomic E-state index is 12.8. The predicted molar refractivity (Wildman–Crippen MR) is 93.6 cm³/mol. The molecule has 0 saturated heterocycles. The van der Waals surface area contributed by atoms with Crippen molar-refractivity contribution in [3.05, 3.63) is 82.2 Å². The Balaban J connectivity index is 1.76. The quantitative estimate of drug-likeness (QED) is 0.533. The Labute approximate surface area is 149 Å². The van der Waals surface area contributed by atoms with E-state index in [1.54, 1.807) is 53.3 Å². The molecule has 0 aliphatic heterocycles. The van der Waals surface area contributed by atoms with Crippen molar-refractivity contribution in [2.24, 2.45) is 0 Å². The second-order valence-corrected chi connectivity index (χ2v) is 6.32. The van der Waals surface area contributed by atoms with Crippen LogP contribution in [0, 0.1) is 0 Å². The monoisotopic (exact) mass is 345 g/mol. The minimum atomic E-state index is -0.235. The van der Waals surface area contributed by atoms with Gasteiger partial charge in [-0.25, -0.2) is 4.68 Å². The summed E-state index contributed by atoms with van der Waals surface area (Å²) in [6.45, 7) is 3.32. The molecule has 6 heteroatoms. The number of nitrogens with zero attached hydrogens (tertiary/aromatic N) is 3. The maximum Gasteiger partial charge on any atom is 0.194 e. The number of hydrogen-bond donors (Lipinski definition) is 0. The van der Waals surface area contributed by atoms with Crippen LogP contribution in [0.1, 0.15) is 67.8 Å². The van der Waals surface area contributed by atoms with Crippen LogP contribution in [-0.2, 0) is 0 Å². The molecule has 0 fully saturated rings. The highest BCUT2D eigenvalue weighted by atomic mass is 16.1. The Morgan fingerprint density at radius 1 is 0.962 bits per heavy atom. The Bertz CT molecular complexity index is 1080. The molecule has 1 aromatic heterocycles. The number of fused-ring (bicyclic) bond motifs is 2. The molecule has 128 valence electrons. The van der Waals surface area contributed by atoms with Gasteiger partial charge in [0.1, 0.15) is 5.69 Å². The van der Waals surface area contributed by atoms with Gasteiger partial charge in [0.25, 0.3) is 0 Å². The largest absolute Gasteiger partial charge is 0.293 e. The molecule has 1 unspecified atom stereocenters. The third kappa shape index (κ3) is 2.38. The number of benzene rings is 2. The average molecular weight is 345 g/mol. The summed E-state index contributed by atoms with van der Waals surface area (Å²) in [6, 6.07) is 11.8. The molecule has 0 radical (unpaired) electrons. The fraction of sp³-hybridized carbons (Fsp3) is 0.150. The molecule has 4 rings (SSSR count). The lowest BCUT2D eigenvalue weighted by atomic mass is 9.83. The Kier molecular flexibility index (Phi) is 3.61. The third-order valence-electron chi connectivity index (χ3n) is 4.70. The lowest BCUT2D eigenvalue weighted by molar-refractivity contribution is 0.0979. The summed E-state index contributed by atoms with van der Waals surface area (Å²) < 4.78 is 1.57. The Morgan fingerprint density at radius 2 is 1.58 bits per heavy atom. The van der Waals surface area contributed by atoms with Gasteiger partial charge in [0.2, 0.25) is 0 Å². The van der Waals surface area contributed by atoms with E-state index in [0.717, 1.165) is 5.56 Å². The third-order valence-corrected chi connectivity index (χ3v) is 4.70. The first kappa shape index (κ1) is 16.1. The van der Waals surface area contributed by atoms with E-state index in [4.69, 9.17) is 0 Å². The van der Waals surface area contributed by atoms with Crippen LogP contribution in [0.25, 0.3) is 0 Å². The fourth-order valence-corrected chi connectivity index (χ4v) is 3.16. The molecule has 0 bridgehead atoms. The van der Waals surface area contributed by atoms with Crippen LogP contribution in [0.5, 0.6) is 0 Å². The number of carbonyl (C=O) groups excluding carboxylic acids is 3. The fourth-order valence-electron chi connectivity index (χ4n) is 3.16.